The average molecular weight is 720 g/mol. The number of nitrogens with zero attached hydrogens (tertiary/aromatic N) is 5. The second kappa shape index (κ2) is 14.2. The molecule has 10 nitrogen and oxygen atoms in total. The van der Waals surface area contributed by atoms with Gasteiger partial charge in [-0.25, -0.2) is 4.98 Å². The minimum Gasteiger partial charge on any atom is -0.505 e. The Morgan fingerprint density at radius 2 is 1.80 bits per heavy atom. The van der Waals surface area contributed by atoms with Crippen molar-refractivity contribution in [2.45, 2.75) is 50.3 Å². The lowest BCUT2D eigenvalue weighted by atomic mass is 9.96. The maximum atomic E-state index is 14.0. The number of rotatable bonds is 11. The summed E-state index contributed by atoms with van der Waals surface area (Å²) in [5.74, 6) is 0.0367. The maximum absolute atomic E-state index is 14.0. The van der Waals surface area contributed by atoms with Gasteiger partial charge in [0.2, 0.25) is 5.13 Å². The van der Waals surface area contributed by atoms with Gasteiger partial charge in [0, 0.05) is 11.9 Å². The zero-order valence-electron chi connectivity index (χ0n) is 28.9. The quantitative estimate of drug-likeness (QED) is 0.0464. The summed E-state index contributed by atoms with van der Waals surface area (Å²) in [7, 11) is 1.54. The number of ketones is 1. The standard InChI is InChI=1S/C39H37N5O5S2/c1-22(2)17-19-49-29-16-15-26(20-30(29)48-5)33-31(34(45)32-24(4)43-18-9-10-23(3)36(43)40-32)35(46)37(47)44(33)38-41-42-39(51-38)50-21-27-13-8-12-25-11-6-7-14-28(25)27/h6-16,18,20,22,33,45H,17,19,21H2,1-5H3. The van der Waals surface area contributed by atoms with E-state index in [2.05, 4.69) is 48.3 Å². The molecule has 0 bridgehead atoms. The summed E-state index contributed by atoms with van der Waals surface area (Å²) in [5, 5.41) is 23.3. The first kappa shape index (κ1) is 34.3. The number of ether oxygens (including phenoxy) is 2. The molecular formula is C39H37N5O5S2. The van der Waals surface area contributed by atoms with Crippen molar-refractivity contribution < 1.29 is 24.2 Å². The minimum absolute atomic E-state index is 0.0974. The smallest absolute Gasteiger partial charge is 0.301 e. The number of anilines is 1. The molecule has 1 aliphatic heterocycles. The predicted octanol–water partition coefficient (Wildman–Crippen LogP) is 8.31. The molecule has 0 spiro atoms. The third-order valence-corrected chi connectivity index (χ3v) is 11.1. The normalized spacial score (nSPS) is 15.8. The summed E-state index contributed by atoms with van der Waals surface area (Å²) >= 11 is 2.72. The Balaban J connectivity index is 1.30. The number of hydrogen-bond acceptors (Lipinski definition) is 10. The van der Waals surface area contributed by atoms with Crippen LogP contribution in [0.5, 0.6) is 11.5 Å². The number of aliphatic hydroxyl groups excluding tert-OH is 1. The van der Waals surface area contributed by atoms with Crippen molar-refractivity contribution in [1.82, 2.24) is 19.6 Å². The number of aliphatic hydroxyl groups is 1. The summed E-state index contributed by atoms with van der Waals surface area (Å²) in [4.78, 5) is 34.0. The van der Waals surface area contributed by atoms with Crippen LogP contribution in [-0.4, -0.2) is 50.1 Å². The van der Waals surface area contributed by atoms with Crippen molar-refractivity contribution in [2.75, 3.05) is 18.6 Å². The number of methoxy groups -OCH3 is 1. The fourth-order valence-corrected chi connectivity index (χ4v) is 8.18. The lowest BCUT2D eigenvalue weighted by molar-refractivity contribution is -0.132. The van der Waals surface area contributed by atoms with E-state index in [4.69, 9.17) is 14.5 Å². The number of pyridine rings is 1. The Labute approximate surface area is 303 Å². The summed E-state index contributed by atoms with van der Waals surface area (Å²) in [6, 6.07) is 22.5. The Hall–Kier alpha value is -5.20. The van der Waals surface area contributed by atoms with E-state index < -0.39 is 17.7 Å². The fraction of sp³-hybridized carbons (Fsp3) is 0.256. The van der Waals surface area contributed by atoms with Gasteiger partial charge in [-0.05, 0) is 71.8 Å². The molecule has 3 aromatic heterocycles. The van der Waals surface area contributed by atoms with Gasteiger partial charge in [0.1, 0.15) is 11.3 Å². The van der Waals surface area contributed by atoms with E-state index in [1.807, 2.05) is 54.8 Å². The van der Waals surface area contributed by atoms with E-state index in [1.165, 1.54) is 35.1 Å². The van der Waals surface area contributed by atoms with Crippen LogP contribution in [0.1, 0.15) is 54.4 Å². The van der Waals surface area contributed by atoms with E-state index in [0.717, 1.165) is 28.3 Å². The van der Waals surface area contributed by atoms with Gasteiger partial charge in [-0.1, -0.05) is 91.5 Å². The molecule has 3 aromatic carbocycles. The number of carbonyl (C=O) groups is 2. The molecule has 4 heterocycles. The first-order valence-corrected chi connectivity index (χ1v) is 18.5. The van der Waals surface area contributed by atoms with Gasteiger partial charge in [0.15, 0.2) is 21.6 Å². The average Bonchev–Trinajstić information content (AvgIpc) is 3.81. The molecule has 0 saturated carbocycles. The van der Waals surface area contributed by atoms with Crippen LogP contribution in [0.4, 0.5) is 5.13 Å². The van der Waals surface area contributed by atoms with Gasteiger partial charge in [0.05, 0.1) is 31.0 Å². The van der Waals surface area contributed by atoms with E-state index in [1.54, 1.807) is 18.2 Å². The number of amides is 1. The number of Topliss-reactive ketones (excluding diaryl/α,β-unsaturated/α-hetero) is 1. The fourth-order valence-electron chi connectivity index (χ4n) is 6.31. The molecule has 1 unspecified atom stereocenters. The Bertz CT molecular complexity index is 2320. The van der Waals surface area contributed by atoms with Crippen molar-refractivity contribution >= 4 is 62.1 Å². The number of benzene rings is 3. The van der Waals surface area contributed by atoms with E-state index in [9.17, 15) is 14.7 Å². The van der Waals surface area contributed by atoms with E-state index in [-0.39, 0.29) is 22.2 Å². The molecular weight excluding hydrogens is 683 g/mol. The topological polar surface area (TPSA) is 119 Å². The number of carbonyl (C=O) groups excluding carboxylic acids is 2. The number of thioether (sulfide) groups is 1. The van der Waals surface area contributed by atoms with Gasteiger partial charge in [0.25, 0.3) is 5.78 Å². The third-order valence-electron chi connectivity index (χ3n) is 9.04. The Morgan fingerprint density at radius 1 is 1.00 bits per heavy atom. The first-order valence-electron chi connectivity index (χ1n) is 16.7. The van der Waals surface area contributed by atoms with Crippen molar-refractivity contribution in [1.29, 1.82) is 0 Å². The number of hydrogen-bond donors (Lipinski definition) is 1. The third kappa shape index (κ3) is 6.45. The van der Waals surface area contributed by atoms with Crippen LogP contribution in [0.15, 0.2) is 88.9 Å². The number of aromatic nitrogens is 4. The van der Waals surface area contributed by atoms with Crippen molar-refractivity contribution in [3.8, 4) is 11.5 Å². The van der Waals surface area contributed by atoms with Crippen LogP contribution in [0.2, 0.25) is 0 Å². The number of aryl methyl sites for hydroxylation is 2. The second-order valence-electron chi connectivity index (χ2n) is 12.8. The molecule has 1 aliphatic rings. The Morgan fingerprint density at radius 3 is 2.59 bits per heavy atom. The van der Waals surface area contributed by atoms with E-state index >= 15 is 0 Å². The Kier molecular flexibility index (Phi) is 9.54. The van der Waals surface area contributed by atoms with Gasteiger partial charge in [-0.3, -0.25) is 14.5 Å². The molecule has 1 N–H and O–H groups in total. The van der Waals surface area contributed by atoms with Crippen molar-refractivity contribution in [3.63, 3.8) is 0 Å². The monoisotopic (exact) mass is 719 g/mol. The van der Waals surface area contributed by atoms with E-state index in [0.29, 0.717) is 51.0 Å². The lowest BCUT2D eigenvalue weighted by Crippen LogP contribution is -2.29. The second-order valence-corrected chi connectivity index (χ2v) is 15.0. The van der Waals surface area contributed by atoms with Crippen molar-refractivity contribution in [2.24, 2.45) is 5.92 Å². The molecule has 12 heteroatoms. The highest BCUT2D eigenvalue weighted by Gasteiger charge is 2.49. The molecule has 1 saturated heterocycles. The van der Waals surface area contributed by atoms with Crippen molar-refractivity contribution in [3.05, 3.63) is 113 Å². The minimum atomic E-state index is -1.04. The van der Waals surface area contributed by atoms with Crippen LogP contribution < -0.4 is 14.4 Å². The van der Waals surface area contributed by atoms with Gasteiger partial charge in [-0.2, -0.15) is 0 Å². The molecule has 51 heavy (non-hydrogen) atoms. The summed E-state index contributed by atoms with van der Waals surface area (Å²) in [6.07, 6.45) is 2.71. The van der Waals surface area contributed by atoms with Gasteiger partial charge < -0.3 is 19.0 Å². The highest BCUT2D eigenvalue weighted by Crippen LogP contribution is 2.46. The molecule has 6 aromatic rings. The first-order chi connectivity index (χ1) is 24.7. The summed E-state index contributed by atoms with van der Waals surface area (Å²) < 4.78 is 14.2. The van der Waals surface area contributed by atoms with Crippen LogP contribution in [0, 0.1) is 19.8 Å². The highest BCUT2D eigenvalue weighted by molar-refractivity contribution is 8.00. The van der Waals surface area contributed by atoms with Gasteiger partial charge in [-0.15, -0.1) is 10.2 Å². The van der Waals surface area contributed by atoms with Crippen LogP contribution in [0.25, 0.3) is 22.2 Å². The van der Waals surface area contributed by atoms with Gasteiger partial charge >= 0.3 is 5.91 Å². The molecule has 260 valence electrons. The molecule has 0 radical (unpaired) electrons. The molecule has 1 fully saturated rings. The molecule has 7 rings (SSSR count). The molecule has 0 aliphatic carbocycles. The van der Waals surface area contributed by atoms with Crippen LogP contribution in [0.3, 0.4) is 0 Å². The SMILES string of the molecule is COc1cc(C2C(=C(O)c3nc4c(C)cccn4c3C)C(=O)C(=O)N2c2nnc(SCc3cccc4ccccc34)s2)ccc1OCCC(C)C. The summed E-state index contributed by atoms with van der Waals surface area (Å²) in [5.41, 5.74) is 3.97. The zero-order valence-corrected chi connectivity index (χ0v) is 30.5. The largest absolute Gasteiger partial charge is 0.505 e. The number of imidazole rings is 1. The number of fused-ring (bicyclic) bond motifs is 2. The highest BCUT2D eigenvalue weighted by atomic mass is 32.2. The van der Waals surface area contributed by atoms with Crippen LogP contribution in [-0.2, 0) is 15.3 Å². The predicted molar refractivity (Wildman–Crippen MR) is 201 cm³/mol. The lowest BCUT2D eigenvalue weighted by Gasteiger charge is -2.23. The van der Waals surface area contributed by atoms with Crippen LogP contribution >= 0.6 is 23.1 Å². The zero-order chi connectivity index (χ0) is 35.8. The maximum Gasteiger partial charge on any atom is 0.301 e. The molecule has 1 atom stereocenters. The molecule has 1 amide bonds. The summed E-state index contributed by atoms with van der Waals surface area (Å²) in [6.45, 7) is 8.49.